The minimum Gasteiger partial charge on any atom is -0.496 e. The maximum atomic E-state index is 12.7. The van der Waals surface area contributed by atoms with Crippen molar-refractivity contribution < 1.29 is 4.74 Å². The molecule has 1 saturated heterocycles. The topological polar surface area (TPSA) is 47.4 Å². The molecule has 0 amide bonds. The standard InChI is InChI=1S/C17H23N3O2/c1-19-10-4-3-6-13(19)9-11-20-12-18-14-7-5-8-15(22-2)16(14)17(20)21/h5,7-8,12-13H,3-4,6,9-11H2,1-2H3. The molecule has 3 rings (SSSR count). The summed E-state index contributed by atoms with van der Waals surface area (Å²) in [5.41, 5.74) is 0.677. The fourth-order valence-corrected chi connectivity index (χ4v) is 3.30. The molecule has 0 radical (unpaired) electrons. The van der Waals surface area contributed by atoms with E-state index in [1.54, 1.807) is 18.0 Å². The van der Waals surface area contributed by atoms with Crippen molar-refractivity contribution in [3.63, 3.8) is 0 Å². The number of hydrogen-bond donors (Lipinski definition) is 0. The van der Waals surface area contributed by atoms with Crippen molar-refractivity contribution in [3.8, 4) is 5.75 Å². The monoisotopic (exact) mass is 301 g/mol. The van der Waals surface area contributed by atoms with Crippen LogP contribution < -0.4 is 10.3 Å². The molecule has 1 aliphatic rings. The second-order valence-corrected chi connectivity index (χ2v) is 6.02. The first-order valence-electron chi connectivity index (χ1n) is 7.93. The summed E-state index contributed by atoms with van der Waals surface area (Å²) in [6.07, 6.45) is 6.43. The third-order valence-corrected chi connectivity index (χ3v) is 4.66. The number of rotatable bonds is 4. The first kappa shape index (κ1) is 15.0. The van der Waals surface area contributed by atoms with E-state index >= 15 is 0 Å². The zero-order chi connectivity index (χ0) is 15.5. The van der Waals surface area contributed by atoms with Crippen LogP contribution in [0.3, 0.4) is 0 Å². The summed E-state index contributed by atoms with van der Waals surface area (Å²) in [7, 11) is 3.76. The van der Waals surface area contributed by atoms with Crippen LogP contribution in [0.2, 0.25) is 0 Å². The first-order valence-corrected chi connectivity index (χ1v) is 7.93. The van der Waals surface area contributed by atoms with E-state index in [0.717, 1.165) is 13.0 Å². The van der Waals surface area contributed by atoms with Crippen LogP contribution in [0.15, 0.2) is 29.3 Å². The molecule has 0 aliphatic carbocycles. The Balaban J connectivity index is 1.85. The van der Waals surface area contributed by atoms with Gasteiger partial charge in [-0.05, 0) is 45.0 Å². The van der Waals surface area contributed by atoms with Gasteiger partial charge in [-0.2, -0.15) is 0 Å². The molecule has 1 aromatic heterocycles. The first-order chi connectivity index (χ1) is 10.7. The number of methoxy groups -OCH3 is 1. The van der Waals surface area contributed by atoms with E-state index in [1.807, 2.05) is 18.2 Å². The van der Waals surface area contributed by atoms with Crippen molar-refractivity contribution in [2.75, 3.05) is 20.7 Å². The number of aryl methyl sites for hydroxylation is 1. The summed E-state index contributed by atoms with van der Waals surface area (Å²) >= 11 is 0. The van der Waals surface area contributed by atoms with E-state index in [4.69, 9.17) is 4.74 Å². The largest absolute Gasteiger partial charge is 0.496 e. The summed E-state index contributed by atoms with van der Waals surface area (Å²) in [6.45, 7) is 1.86. The molecule has 1 aliphatic heterocycles. The molecule has 0 bridgehead atoms. The Morgan fingerprint density at radius 3 is 3.00 bits per heavy atom. The summed E-state index contributed by atoms with van der Waals surface area (Å²) in [5, 5.41) is 0.574. The number of benzene rings is 1. The molecule has 1 unspecified atom stereocenters. The van der Waals surface area contributed by atoms with Gasteiger partial charge in [-0.25, -0.2) is 4.98 Å². The van der Waals surface area contributed by atoms with E-state index in [0.29, 0.717) is 29.2 Å². The molecule has 2 aromatic rings. The number of aromatic nitrogens is 2. The summed E-state index contributed by atoms with van der Waals surface area (Å²) in [6, 6.07) is 6.08. The Labute approximate surface area is 130 Å². The zero-order valence-electron chi connectivity index (χ0n) is 13.3. The molecule has 5 heteroatoms. The van der Waals surface area contributed by atoms with Crippen LogP contribution in [0.1, 0.15) is 25.7 Å². The fourth-order valence-electron chi connectivity index (χ4n) is 3.30. The minimum atomic E-state index is -0.0130. The van der Waals surface area contributed by atoms with E-state index in [1.165, 1.54) is 19.3 Å². The van der Waals surface area contributed by atoms with E-state index in [2.05, 4.69) is 16.9 Å². The SMILES string of the molecule is COc1cccc2ncn(CCC3CCCCN3C)c(=O)c12. The van der Waals surface area contributed by atoms with Gasteiger partial charge in [-0.1, -0.05) is 12.5 Å². The lowest BCUT2D eigenvalue weighted by Gasteiger charge is -2.32. The zero-order valence-corrected chi connectivity index (χ0v) is 13.3. The highest BCUT2D eigenvalue weighted by Crippen LogP contribution is 2.21. The van der Waals surface area contributed by atoms with Crippen molar-refractivity contribution in [2.24, 2.45) is 0 Å². The predicted molar refractivity (Wildman–Crippen MR) is 87.4 cm³/mol. The van der Waals surface area contributed by atoms with E-state index in [-0.39, 0.29) is 5.56 Å². The lowest BCUT2D eigenvalue weighted by molar-refractivity contribution is 0.170. The lowest BCUT2D eigenvalue weighted by Crippen LogP contribution is -2.37. The van der Waals surface area contributed by atoms with Crippen molar-refractivity contribution in [1.82, 2.24) is 14.5 Å². The molecule has 1 fully saturated rings. The van der Waals surface area contributed by atoms with Gasteiger partial charge < -0.3 is 9.64 Å². The number of ether oxygens (including phenoxy) is 1. The van der Waals surface area contributed by atoms with Gasteiger partial charge in [-0.15, -0.1) is 0 Å². The van der Waals surface area contributed by atoms with Crippen LogP contribution >= 0.6 is 0 Å². The Kier molecular flexibility index (Phi) is 4.43. The molecule has 1 atom stereocenters. The molecule has 2 heterocycles. The summed E-state index contributed by atoms with van der Waals surface area (Å²) in [4.78, 5) is 19.5. The normalized spacial score (nSPS) is 19.5. The van der Waals surface area contributed by atoms with Gasteiger partial charge in [0.2, 0.25) is 0 Å². The lowest BCUT2D eigenvalue weighted by atomic mass is 10.0. The van der Waals surface area contributed by atoms with Gasteiger partial charge in [0.1, 0.15) is 11.1 Å². The average Bonchev–Trinajstić information content (AvgIpc) is 2.55. The summed E-state index contributed by atoms with van der Waals surface area (Å²) < 4.78 is 7.03. The molecule has 118 valence electrons. The molecular weight excluding hydrogens is 278 g/mol. The number of likely N-dealkylation sites (tertiary alicyclic amines) is 1. The molecule has 0 N–H and O–H groups in total. The molecule has 0 saturated carbocycles. The minimum absolute atomic E-state index is 0.0130. The number of nitrogens with zero attached hydrogens (tertiary/aromatic N) is 3. The second kappa shape index (κ2) is 6.48. The van der Waals surface area contributed by atoms with Gasteiger partial charge in [0.05, 0.1) is 19.0 Å². The number of fused-ring (bicyclic) bond motifs is 1. The van der Waals surface area contributed by atoms with Crippen molar-refractivity contribution in [1.29, 1.82) is 0 Å². The average molecular weight is 301 g/mol. The number of hydrogen-bond acceptors (Lipinski definition) is 4. The van der Waals surface area contributed by atoms with Crippen LogP contribution in [-0.2, 0) is 6.54 Å². The highest BCUT2D eigenvalue weighted by molar-refractivity contribution is 5.83. The summed E-state index contributed by atoms with van der Waals surface area (Å²) in [5.74, 6) is 0.596. The smallest absolute Gasteiger partial charge is 0.264 e. The van der Waals surface area contributed by atoms with Crippen molar-refractivity contribution in [2.45, 2.75) is 38.3 Å². The molecular formula is C17H23N3O2. The number of piperidine rings is 1. The molecule has 5 nitrogen and oxygen atoms in total. The van der Waals surface area contributed by atoms with Crippen LogP contribution in [-0.4, -0.2) is 41.2 Å². The third kappa shape index (κ3) is 2.86. The van der Waals surface area contributed by atoms with Gasteiger partial charge in [0.15, 0.2) is 0 Å². The Morgan fingerprint density at radius 2 is 2.23 bits per heavy atom. The van der Waals surface area contributed by atoms with Crippen LogP contribution in [0.4, 0.5) is 0 Å². The molecule has 1 aromatic carbocycles. The van der Waals surface area contributed by atoms with Crippen LogP contribution in [0.25, 0.3) is 10.9 Å². The van der Waals surface area contributed by atoms with E-state index < -0.39 is 0 Å². The predicted octanol–water partition coefficient (Wildman–Crippen LogP) is 2.28. The van der Waals surface area contributed by atoms with Crippen LogP contribution in [0.5, 0.6) is 5.75 Å². The maximum Gasteiger partial charge on any atom is 0.264 e. The Bertz CT molecular complexity index is 711. The van der Waals surface area contributed by atoms with Gasteiger partial charge in [0, 0.05) is 12.6 Å². The van der Waals surface area contributed by atoms with Crippen molar-refractivity contribution in [3.05, 3.63) is 34.9 Å². The van der Waals surface area contributed by atoms with Gasteiger partial charge in [-0.3, -0.25) is 9.36 Å². The maximum absolute atomic E-state index is 12.7. The molecule has 0 spiro atoms. The highest BCUT2D eigenvalue weighted by Gasteiger charge is 2.19. The van der Waals surface area contributed by atoms with Gasteiger partial charge in [0.25, 0.3) is 5.56 Å². The fraction of sp³-hybridized carbons (Fsp3) is 0.529. The van der Waals surface area contributed by atoms with E-state index in [9.17, 15) is 4.79 Å². The third-order valence-electron chi connectivity index (χ3n) is 4.66. The Morgan fingerprint density at radius 1 is 1.36 bits per heavy atom. The van der Waals surface area contributed by atoms with Crippen LogP contribution in [0, 0.1) is 0 Å². The Hall–Kier alpha value is -1.88. The highest BCUT2D eigenvalue weighted by atomic mass is 16.5. The second-order valence-electron chi connectivity index (χ2n) is 6.02. The van der Waals surface area contributed by atoms with Gasteiger partial charge >= 0.3 is 0 Å². The van der Waals surface area contributed by atoms with Crippen molar-refractivity contribution >= 4 is 10.9 Å². The molecule has 22 heavy (non-hydrogen) atoms. The quantitative estimate of drug-likeness (QED) is 0.869.